The van der Waals surface area contributed by atoms with Crippen LogP contribution in [0.5, 0.6) is 5.75 Å². The molecule has 1 aromatic heterocycles. The largest absolute Gasteiger partial charge is 0.508 e. The third-order valence-electron chi connectivity index (χ3n) is 5.93. The number of fused-ring (bicyclic) bond motifs is 2. The first-order valence-electron chi connectivity index (χ1n) is 11.2. The van der Waals surface area contributed by atoms with Crippen molar-refractivity contribution in [3.63, 3.8) is 0 Å². The molecule has 0 fully saturated rings. The lowest BCUT2D eigenvalue weighted by molar-refractivity contribution is -0.136. The number of hydrogen-bond acceptors (Lipinski definition) is 7. The number of aliphatic hydroxyl groups excluding tert-OH is 1. The fourth-order valence-electron chi connectivity index (χ4n) is 3.98. The number of amides is 1. The Morgan fingerprint density at radius 2 is 2.06 bits per heavy atom. The Hall–Kier alpha value is -2.49. The van der Waals surface area contributed by atoms with E-state index in [0.717, 1.165) is 11.3 Å². The number of aryl methyl sites for hydroxylation is 1. The predicted molar refractivity (Wildman–Crippen MR) is 120 cm³/mol. The van der Waals surface area contributed by atoms with E-state index in [0.29, 0.717) is 45.6 Å². The van der Waals surface area contributed by atoms with Gasteiger partial charge >= 0.3 is 0 Å². The number of hydrogen-bond donors (Lipinski definition) is 2. The van der Waals surface area contributed by atoms with Crippen LogP contribution in [0, 0.1) is 5.92 Å². The number of phenols is 1. The average molecular weight is 446 g/mol. The van der Waals surface area contributed by atoms with Gasteiger partial charge in [-0.1, -0.05) is 24.3 Å². The molecule has 9 nitrogen and oxygen atoms in total. The monoisotopic (exact) mass is 445 g/mol. The van der Waals surface area contributed by atoms with Crippen LogP contribution >= 0.6 is 0 Å². The molecule has 32 heavy (non-hydrogen) atoms. The van der Waals surface area contributed by atoms with E-state index in [-0.39, 0.29) is 36.3 Å². The molecule has 2 heterocycles. The topological polar surface area (TPSA) is 104 Å². The number of nitrogens with zero attached hydrogens (tertiary/aromatic N) is 5. The highest BCUT2D eigenvalue weighted by Crippen LogP contribution is 2.18. The van der Waals surface area contributed by atoms with Crippen LogP contribution in [0.25, 0.3) is 0 Å². The summed E-state index contributed by atoms with van der Waals surface area (Å²) in [5.74, 6) is 0.333. The Balaban J connectivity index is 1.75. The first kappa shape index (κ1) is 24.2. The molecule has 0 unspecified atom stereocenters. The van der Waals surface area contributed by atoms with Crippen molar-refractivity contribution in [2.45, 2.75) is 58.5 Å². The van der Waals surface area contributed by atoms with Crippen molar-refractivity contribution in [1.82, 2.24) is 24.8 Å². The van der Waals surface area contributed by atoms with E-state index in [9.17, 15) is 15.0 Å². The van der Waals surface area contributed by atoms with Crippen LogP contribution in [0.15, 0.2) is 30.5 Å². The molecule has 9 heteroatoms. The molecule has 2 aromatic rings. The molecule has 0 saturated carbocycles. The lowest BCUT2D eigenvalue weighted by Gasteiger charge is -2.35. The van der Waals surface area contributed by atoms with Gasteiger partial charge in [-0.15, -0.1) is 5.10 Å². The highest BCUT2D eigenvalue weighted by molar-refractivity contribution is 5.76. The van der Waals surface area contributed by atoms with Gasteiger partial charge in [-0.3, -0.25) is 14.4 Å². The molecule has 2 bridgehead atoms. The quantitative estimate of drug-likeness (QED) is 0.697. The highest BCUT2D eigenvalue weighted by Gasteiger charge is 2.28. The molecule has 176 valence electrons. The zero-order valence-electron chi connectivity index (χ0n) is 19.2. The fourth-order valence-corrected chi connectivity index (χ4v) is 3.98. The summed E-state index contributed by atoms with van der Waals surface area (Å²) in [7, 11) is 2.03. The summed E-state index contributed by atoms with van der Waals surface area (Å²) in [5.41, 5.74) is 1.87. The fraction of sp³-hybridized carbons (Fsp3) is 0.609. The molecule has 3 rings (SSSR count). The average Bonchev–Trinajstić information content (AvgIpc) is 3.23. The molecule has 0 aliphatic carbocycles. The summed E-state index contributed by atoms with van der Waals surface area (Å²) in [4.78, 5) is 16.9. The minimum atomic E-state index is -0.247. The number of aliphatic hydroxyl groups is 1. The Kier molecular flexibility index (Phi) is 8.60. The van der Waals surface area contributed by atoms with Gasteiger partial charge in [0, 0.05) is 38.5 Å². The third-order valence-corrected chi connectivity index (χ3v) is 5.93. The van der Waals surface area contributed by atoms with Gasteiger partial charge in [0.25, 0.3) is 0 Å². The maximum atomic E-state index is 12.9. The van der Waals surface area contributed by atoms with Gasteiger partial charge in [0.15, 0.2) is 0 Å². The van der Waals surface area contributed by atoms with Crippen molar-refractivity contribution in [2.24, 2.45) is 5.92 Å². The highest BCUT2D eigenvalue weighted by atomic mass is 16.5. The molecule has 0 radical (unpaired) electrons. The summed E-state index contributed by atoms with van der Waals surface area (Å²) in [5, 5.41) is 27.6. The predicted octanol–water partition coefficient (Wildman–Crippen LogP) is 1.64. The number of benzene rings is 1. The smallest absolute Gasteiger partial charge is 0.222 e. The molecular weight excluding hydrogens is 410 g/mol. The Labute approximate surface area is 189 Å². The molecule has 0 saturated heterocycles. The van der Waals surface area contributed by atoms with Crippen LogP contribution in [0.1, 0.15) is 37.9 Å². The van der Waals surface area contributed by atoms with E-state index in [1.165, 1.54) is 0 Å². The molecular formula is C23H35N5O4. The van der Waals surface area contributed by atoms with Gasteiger partial charge in [0.2, 0.25) is 5.91 Å². The first-order valence-corrected chi connectivity index (χ1v) is 11.2. The van der Waals surface area contributed by atoms with Gasteiger partial charge in [-0.05, 0) is 38.1 Å². The van der Waals surface area contributed by atoms with E-state index in [1.807, 2.05) is 32.3 Å². The van der Waals surface area contributed by atoms with Crippen molar-refractivity contribution < 1.29 is 19.7 Å². The number of carbonyl (C=O) groups is 1. The van der Waals surface area contributed by atoms with Gasteiger partial charge in [0.1, 0.15) is 11.4 Å². The molecule has 1 aromatic carbocycles. The van der Waals surface area contributed by atoms with E-state index >= 15 is 0 Å². The van der Waals surface area contributed by atoms with Crippen LogP contribution < -0.4 is 0 Å². The SMILES string of the molecule is C[C@H](CO)N1C[C@H](C)[C@H](CN(C)Cc2ccc(O)cc2)OCc2cn(nn2)CCCC1=O. The maximum absolute atomic E-state index is 12.9. The zero-order valence-corrected chi connectivity index (χ0v) is 19.2. The number of phenolic OH excluding ortho intramolecular Hbond substituents is 1. The minimum absolute atomic E-state index is 0.0363. The van der Waals surface area contributed by atoms with Gasteiger partial charge in [-0.2, -0.15) is 0 Å². The molecule has 1 aliphatic heterocycles. The summed E-state index contributed by atoms with van der Waals surface area (Å²) >= 11 is 0. The van der Waals surface area contributed by atoms with E-state index in [4.69, 9.17) is 4.74 Å². The normalized spacial score (nSPS) is 21.7. The van der Waals surface area contributed by atoms with E-state index < -0.39 is 0 Å². The summed E-state index contributed by atoms with van der Waals surface area (Å²) in [6.45, 7) is 6.74. The second-order valence-corrected chi connectivity index (χ2v) is 8.84. The maximum Gasteiger partial charge on any atom is 0.222 e. The Morgan fingerprint density at radius 3 is 2.78 bits per heavy atom. The summed E-state index contributed by atoms with van der Waals surface area (Å²) < 4.78 is 8.04. The summed E-state index contributed by atoms with van der Waals surface area (Å²) in [6, 6.07) is 6.93. The molecule has 1 aliphatic rings. The lowest BCUT2D eigenvalue weighted by Crippen LogP contribution is -2.47. The number of aromatic hydroxyl groups is 1. The number of aromatic nitrogens is 3. The standard InChI is InChI=1S/C23H35N5O4/c1-17-11-28(18(2)15-29)23(31)5-4-10-27-13-20(24-25-27)16-32-22(17)14-26(3)12-19-6-8-21(30)9-7-19/h6-9,13,17-18,22,29-30H,4-5,10-12,14-16H2,1-3H3/t17-,18+,22-/m0/s1. The van der Waals surface area contributed by atoms with Crippen LogP contribution in [0.4, 0.5) is 0 Å². The van der Waals surface area contributed by atoms with E-state index in [1.54, 1.807) is 21.7 Å². The lowest BCUT2D eigenvalue weighted by atomic mass is 10.0. The van der Waals surface area contributed by atoms with Gasteiger partial charge in [0.05, 0.1) is 31.6 Å². The van der Waals surface area contributed by atoms with E-state index in [2.05, 4.69) is 22.1 Å². The van der Waals surface area contributed by atoms with Crippen LogP contribution in [0.3, 0.4) is 0 Å². The number of likely N-dealkylation sites (N-methyl/N-ethyl adjacent to an activating group) is 1. The van der Waals surface area contributed by atoms with Crippen molar-refractivity contribution in [1.29, 1.82) is 0 Å². The Bertz CT molecular complexity index is 856. The van der Waals surface area contributed by atoms with Gasteiger partial charge < -0.3 is 19.8 Å². The molecule has 3 atom stereocenters. The van der Waals surface area contributed by atoms with Crippen LogP contribution in [-0.2, 0) is 29.2 Å². The number of carbonyl (C=O) groups excluding carboxylic acids is 1. The number of ether oxygens (including phenoxy) is 1. The van der Waals surface area contributed by atoms with Crippen LogP contribution in [-0.4, -0.2) is 79.8 Å². The van der Waals surface area contributed by atoms with Crippen molar-refractivity contribution >= 4 is 5.91 Å². The molecule has 0 spiro atoms. The number of rotatable bonds is 6. The van der Waals surface area contributed by atoms with Gasteiger partial charge in [-0.25, -0.2) is 0 Å². The van der Waals surface area contributed by atoms with Crippen LogP contribution in [0.2, 0.25) is 0 Å². The minimum Gasteiger partial charge on any atom is -0.508 e. The second-order valence-electron chi connectivity index (χ2n) is 8.84. The first-order chi connectivity index (χ1) is 15.4. The Morgan fingerprint density at radius 1 is 1.31 bits per heavy atom. The molecule has 1 amide bonds. The zero-order chi connectivity index (χ0) is 23.1. The molecule has 2 N–H and O–H groups in total. The van der Waals surface area contributed by atoms with Crippen molar-refractivity contribution in [3.05, 3.63) is 41.7 Å². The summed E-state index contributed by atoms with van der Waals surface area (Å²) in [6.07, 6.45) is 2.80. The third kappa shape index (κ3) is 6.75. The van der Waals surface area contributed by atoms with Crippen molar-refractivity contribution in [2.75, 3.05) is 26.7 Å². The second kappa shape index (κ2) is 11.4. The van der Waals surface area contributed by atoms with Crippen molar-refractivity contribution in [3.8, 4) is 5.75 Å².